The minimum absolute atomic E-state index is 0.0545. The lowest BCUT2D eigenvalue weighted by Gasteiger charge is -2.35. The number of carbonyl (C=O) groups excluding carboxylic acids is 1. The molecule has 1 amide bonds. The van der Waals surface area contributed by atoms with E-state index in [4.69, 9.17) is 15.2 Å². The van der Waals surface area contributed by atoms with Crippen molar-refractivity contribution < 1.29 is 14.3 Å². The summed E-state index contributed by atoms with van der Waals surface area (Å²) >= 11 is 0. The maximum Gasteiger partial charge on any atom is 0.237 e. The Hall–Kier alpha value is -1.47. The minimum atomic E-state index is -0.454. The quantitative estimate of drug-likeness (QED) is 0.801. The van der Waals surface area contributed by atoms with Crippen LogP contribution in [0.2, 0.25) is 0 Å². The van der Waals surface area contributed by atoms with Crippen LogP contribution in [0, 0.1) is 5.92 Å². The summed E-state index contributed by atoms with van der Waals surface area (Å²) in [4.78, 5) is 14.9. The molecule has 138 valence electrons. The molecule has 1 aromatic carbocycles. The molecule has 3 rings (SSSR count). The molecule has 0 aliphatic carbocycles. The second kappa shape index (κ2) is 9.29. The number of nitrogens with zero attached hydrogens (tertiary/aromatic N) is 1. The van der Waals surface area contributed by atoms with Gasteiger partial charge in [-0.3, -0.25) is 9.69 Å². The van der Waals surface area contributed by atoms with Crippen LogP contribution in [0.1, 0.15) is 24.4 Å². The third-order valence-electron chi connectivity index (χ3n) is 5.22. The van der Waals surface area contributed by atoms with Crippen LogP contribution in [0.25, 0.3) is 0 Å². The first-order valence-corrected chi connectivity index (χ1v) is 9.23. The van der Waals surface area contributed by atoms with E-state index >= 15 is 0 Å². The number of hydrogen-bond donors (Lipinski definition) is 2. The Morgan fingerprint density at radius 2 is 1.76 bits per heavy atom. The highest BCUT2D eigenvalue weighted by Gasteiger charge is 2.28. The van der Waals surface area contributed by atoms with Gasteiger partial charge in [0.25, 0.3) is 0 Å². The molecule has 2 atom stereocenters. The summed E-state index contributed by atoms with van der Waals surface area (Å²) in [5, 5.41) is 3.09. The number of benzene rings is 1. The van der Waals surface area contributed by atoms with E-state index in [0.717, 1.165) is 39.1 Å². The Kier molecular flexibility index (Phi) is 6.81. The third kappa shape index (κ3) is 5.01. The van der Waals surface area contributed by atoms with Crippen molar-refractivity contribution >= 4 is 5.91 Å². The maximum atomic E-state index is 12.5. The average Bonchev–Trinajstić information content (AvgIpc) is 2.70. The number of amides is 1. The highest BCUT2D eigenvalue weighted by Crippen LogP contribution is 2.22. The molecule has 0 saturated carbocycles. The molecule has 6 heteroatoms. The summed E-state index contributed by atoms with van der Waals surface area (Å²) < 4.78 is 10.8. The smallest absolute Gasteiger partial charge is 0.237 e. The van der Waals surface area contributed by atoms with Crippen LogP contribution < -0.4 is 11.1 Å². The molecular weight excluding hydrogens is 318 g/mol. The summed E-state index contributed by atoms with van der Waals surface area (Å²) in [7, 11) is 0. The fourth-order valence-corrected chi connectivity index (χ4v) is 3.63. The summed E-state index contributed by atoms with van der Waals surface area (Å²) in [6.07, 6.45) is 1.72. The van der Waals surface area contributed by atoms with Crippen LogP contribution in [0.3, 0.4) is 0 Å². The Labute approximate surface area is 149 Å². The summed E-state index contributed by atoms with van der Waals surface area (Å²) in [5.74, 6) is 0.161. The Balaban J connectivity index is 1.60. The van der Waals surface area contributed by atoms with Gasteiger partial charge in [-0.15, -0.1) is 0 Å². The number of hydrogen-bond acceptors (Lipinski definition) is 5. The molecule has 0 spiro atoms. The Morgan fingerprint density at radius 3 is 2.44 bits per heavy atom. The molecule has 2 aliphatic rings. The molecule has 2 aliphatic heterocycles. The average molecular weight is 347 g/mol. The van der Waals surface area contributed by atoms with Gasteiger partial charge in [0.05, 0.1) is 25.3 Å². The maximum absolute atomic E-state index is 12.5. The number of carbonyl (C=O) groups is 1. The lowest BCUT2D eigenvalue weighted by Crippen LogP contribution is -2.50. The SMILES string of the molecule is NC(C(=O)NCC(c1ccccc1)N1CCOCC1)C1CCOCC1. The van der Waals surface area contributed by atoms with Gasteiger partial charge in [-0.2, -0.15) is 0 Å². The molecule has 0 aromatic heterocycles. The minimum Gasteiger partial charge on any atom is -0.381 e. The van der Waals surface area contributed by atoms with Gasteiger partial charge >= 0.3 is 0 Å². The molecule has 1 aromatic rings. The molecule has 3 N–H and O–H groups in total. The number of nitrogens with two attached hydrogens (primary N) is 1. The number of morpholine rings is 1. The molecule has 6 nitrogen and oxygen atoms in total. The number of ether oxygens (including phenoxy) is 2. The van der Waals surface area contributed by atoms with E-state index in [1.54, 1.807) is 0 Å². The van der Waals surface area contributed by atoms with Crippen molar-refractivity contribution in [3.8, 4) is 0 Å². The van der Waals surface area contributed by atoms with Gasteiger partial charge < -0.3 is 20.5 Å². The van der Waals surface area contributed by atoms with Gasteiger partial charge in [-0.05, 0) is 24.3 Å². The van der Waals surface area contributed by atoms with Gasteiger partial charge in [-0.1, -0.05) is 30.3 Å². The first kappa shape index (κ1) is 18.3. The lowest BCUT2D eigenvalue weighted by molar-refractivity contribution is -0.124. The van der Waals surface area contributed by atoms with E-state index in [2.05, 4.69) is 22.3 Å². The van der Waals surface area contributed by atoms with E-state index in [1.165, 1.54) is 5.56 Å². The van der Waals surface area contributed by atoms with Crippen molar-refractivity contribution in [1.82, 2.24) is 10.2 Å². The van der Waals surface area contributed by atoms with Crippen LogP contribution in [-0.2, 0) is 14.3 Å². The fourth-order valence-electron chi connectivity index (χ4n) is 3.63. The first-order valence-electron chi connectivity index (χ1n) is 9.23. The van der Waals surface area contributed by atoms with Crippen molar-refractivity contribution in [3.05, 3.63) is 35.9 Å². The molecule has 0 radical (unpaired) electrons. The zero-order chi connectivity index (χ0) is 17.5. The fraction of sp³-hybridized carbons (Fsp3) is 0.632. The van der Waals surface area contributed by atoms with E-state index in [1.807, 2.05) is 18.2 Å². The van der Waals surface area contributed by atoms with Crippen LogP contribution in [-0.4, -0.2) is 62.9 Å². The molecule has 25 heavy (non-hydrogen) atoms. The second-order valence-corrected chi connectivity index (χ2v) is 6.80. The first-order chi connectivity index (χ1) is 12.3. The van der Waals surface area contributed by atoms with Gasteiger partial charge in [0.1, 0.15) is 0 Å². The molecule has 2 unspecified atom stereocenters. The summed E-state index contributed by atoms with van der Waals surface area (Å²) in [6, 6.07) is 10.0. The highest BCUT2D eigenvalue weighted by molar-refractivity contribution is 5.81. The van der Waals surface area contributed by atoms with E-state index in [-0.39, 0.29) is 17.9 Å². The molecular formula is C19H29N3O3. The molecule has 2 saturated heterocycles. The summed E-state index contributed by atoms with van der Waals surface area (Å²) in [6.45, 7) is 5.19. The van der Waals surface area contributed by atoms with Crippen molar-refractivity contribution in [1.29, 1.82) is 0 Å². The predicted octanol–water partition coefficient (Wildman–Crippen LogP) is 0.930. The number of nitrogens with one attached hydrogen (secondary N) is 1. The van der Waals surface area contributed by atoms with Gasteiger partial charge in [0.15, 0.2) is 0 Å². The predicted molar refractivity (Wildman–Crippen MR) is 96.1 cm³/mol. The third-order valence-corrected chi connectivity index (χ3v) is 5.22. The van der Waals surface area contributed by atoms with E-state index in [9.17, 15) is 4.79 Å². The largest absolute Gasteiger partial charge is 0.381 e. The van der Waals surface area contributed by atoms with Crippen molar-refractivity contribution in [2.45, 2.75) is 24.9 Å². The molecule has 2 heterocycles. The van der Waals surface area contributed by atoms with Crippen molar-refractivity contribution in [2.75, 3.05) is 46.1 Å². The van der Waals surface area contributed by atoms with Crippen LogP contribution in [0.5, 0.6) is 0 Å². The molecule has 2 fully saturated rings. The van der Waals surface area contributed by atoms with E-state index < -0.39 is 6.04 Å². The van der Waals surface area contributed by atoms with Crippen LogP contribution in [0.15, 0.2) is 30.3 Å². The topological polar surface area (TPSA) is 76.8 Å². The van der Waals surface area contributed by atoms with Gasteiger partial charge in [0, 0.05) is 32.8 Å². The normalized spacial score (nSPS) is 22.3. The Bertz CT molecular complexity index is 528. The van der Waals surface area contributed by atoms with E-state index in [0.29, 0.717) is 19.8 Å². The highest BCUT2D eigenvalue weighted by atomic mass is 16.5. The van der Waals surface area contributed by atoms with Crippen molar-refractivity contribution in [3.63, 3.8) is 0 Å². The zero-order valence-electron chi connectivity index (χ0n) is 14.7. The second-order valence-electron chi connectivity index (χ2n) is 6.80. The number of rotatable bonds is 6. The van der Waals surface area contributed by atoms with Gasteiger partial charge in [-0.25, -0.2) is 0 Å². The van der Waals surface area contributed by atoms with Crippen LogP contribution in [0.4, 0.5) is 0 Å². The van der Waals surface area contributed by atoms with Crippen molar-refractivity contribution in [2.24, 2.45) is 11.7 Å². The lowest BCUT2D eigenvalue weighted by atomic mass is 9.92. The molecule has 0 bridgehead atoms. The van der Waals surface area contributed by atoms with Crippen LogP contribution >= 0.6 is 0 Å². The zero-order valence-corrected chi connectivity index (χ0v) is 14.7. The Morgan fingerprint density at radius 1 is 1.12 bits per heavy atom. The standard InChI is InChI=1S/C19H29N3O3/c20-18(16-6-10-24-11-7-16)19(23)21-14-17(15-4-2-1-3-5-15)22-8-12-25-13-9-22/h1-5,16-18H,6-14,20H2,(H,21,23). The van der Waals surface area contributed by atoms with Gasteiger partial charge in [0.2, 0.25) is 5.91 Å². The summed E-state index contributed by atoms with van der Waals surface area (Å²) in [5.41, 5.74) is 7.41. The monoisotopic (exact) mass is 347 g/mol.